The molecule has 1 amide bonds. The number of carbonyl (C=O) groups is 2. The van der Waals surface area contributed by atoms with Gasteiger partial charge in [0.25, 0.3) is 5.91 Å². The Morgan fingerprint density at radius 3 is 2.45 bits per heavy atom. The van der Waals surface area contributed by atoms with Gasteiger partial charge in [-0.05, 0) is 36.4 Å². The molecule has 0 radical (unpaired) electrons. The molecule has 0 unspecified atom stereocenters. The van der Waals surface area contributed by atoms with Crippen LogP contribution in [0, 0.1) is 0 Å². The predicted molar refractivity (Wildman–Crippen MR) is 114 cm³/mol. The minimum Gasteiger partial charge on any atom is -0.497 e. The Hall–Kier alpha value is -3.13. The highest BCUT2D eigenvalue weighted by Crippen LogP contribution is 2.23. The van der Waals surface area contributed by atoms with Crippen molar-refractivity contribution in [3.63, 3.8) is 0 Å². The van der Waals surface area contributed by atoms with Crippen molar-refractivity contribution >= 4 is 39.1 Å². The molecule has 3 rings (SSSR count). The Morgan fingerprint density at radius 2 is 1.83 bits per heavy atom. The number of methoxy groups -OCH3 is 2. The monoisotopic (exact) mass is 413 g/mol. The third-order valence-electron chi connectivity index (χ3n) is 4.48. The molecule has 0 spiro atoms. The lowest BCUT2D eigenvalue weighted by molar-refractivity contribution is -0.140. The summed E-state index contributed by atoms with van der Waals surface area (Å²) in [6.45, 7) is 0.353. The molecule has 7 nitrogen and oxygen atoms in total. The van der Waals surface area contributed by atoms with Crippen LogP contribution in [-0.4, -0.2) is 44.8 Å². The number of fused-ring (bicyclic) bond motifs is 1. The number of aryl methyl sites for hydroxylation is 1. The van der Waals surface area contributed by atoms with Crippen LogP contribution in [0.1, 0.15) is 16.8 Å². The number of rotatable bonds is 6. The second-order valence-corrected chi connectivity index (χ2v) is 7.56. The van der Waals surface area contributed by atoms with Crippen molar-refractivity contribution in [2.45, 2.75) is 13.0 Å². The number of hydrogen-bond donors (Lipinski definition) is 0. The maximum Gasteiger partial charge on any atom is 0.307 e. The van der Waals surface area contributed by atoms with E-state index in [1.807, 2.05) is 53.9 Å². The number of ether oxygens (including phenoxy) is 2. The summed E-state index contributed by atoms with van der Waals surface area (Å²) in [6.07, 6.45) is 0.179. The van der Waals surface area contributed by atoms with Gasteiger partial charge in [0.15, 0.2) is 4.80 Å². The van der Waals surface area contributed by atoms with E-state index in [-0.39, 0.29) is 18.3 Å². The maximum atomic E-state index is 12.7. The van der Waals surface area contributed by atoms with Crippen LogP contribution >= 0.6 is 11.3 Å². The van der Waals surface area contributed by atoms with Crippen molar-refractivity contribution in [2.75, 3.05) is 33.2 Å². The van der Waals surface area contributed by atoms with Gasteiger partial charge in [-0.3, -0.25) is 9.59 Å². The largest absolute Gasteiger partial charge is 0.497 e. The molecule has 1 heterocycles. The summed E-state index contributed by atoms with van der Waals surface area (Å²) in [5.41, 5.74) is 2.36. The molecule has 0 fully saturated rings. The molecular formula is C21H23N3O4S. The van der Waals surface area contributed by atoms with Crippen molar-refractivity contribution in [2.24, 2.45) is 4.99 Å². The van der Waals surface area contributed by atoms with E-state index in [0.717, 1.165) is 15.9 Å². The van der Waals surface area contributed by atoms with E-state index in [2.05, 4.69) is 4.99 Å². The molecule has 0 bridgehead atoms. The number of benzene rings is 2. The van der Waals surface area contributed by atoms with Gasteiger partial charge in [0.05, 0.1) is 30.9 Å². The number of esters is 1. The van der Waals surface area contributed by atoms with Crippen molar-refractivity contribution < 1.29 is 19.1 Å². The number of thiazole rings is 1. The molecule has 0 aliphatic rings. The highest BCUT2D eigenvalue weighted by molar-refractivity contribution is 7.16. The van der Waals surface area contributed by atoms with Crippen LogP contribution in [0.4, 0.5) is 5.69 Å². The SMILES string of the molecule is COC(=O)CCn1c(=NC(=O)c2ccc(N(C)C)cc2)sc2ccc(OC)cc21. The molecule has 152 valence electrons. The van der Waals surface area contributed by atoms with Crippen molar-refractivity contribution in [1.29, 1.82) is 0 Å². The fourth-order valence-electron chi connectivity index (χ4n) is 2.84. The number of carbonyl (C=O) groups excluding carboxylic acids is 2. The van der Waals surface area contributed by atoms with Gasteiger partial charge in [-0.1, -0.05) is 11.3 Å². The molecule has 0 saturated carbocycles. The van der Waals surface area contributed by atoms with Gasteiger partial charge >= 0.3 is 5.97 Å². The Bertz CT molecular complexity index is 1100. The van der Waals surface area contributed by atoms with Gasteiger partial charge in [-0.25, -0.2) is 0 Å². The van der Waals surface area contributed by atoms with Crippen LogP contribution in [0.5, 0.6) is 5.75 Å². The topological polar surface area (TPSA) is 73.1 Å². The zero-order chi connectivity index (χ0) is 21.0. The number of hydrogen-bond acceptors (Lipinski definition) is 6. The lowest BCUT2D eigenvalue weighted by atomic mass is 10.2. The average molecular weight is 413 g/mol. The summed E-state index contributed by atoms with van der Waals surface area (Å²) in [4.78, 5) is 31.2. The summed E-state index contributed by atoms with van der Waals surface area (Å²) in [6, 6.07) is 12.9. The Kier molecular flexibility index (Phi) is 6.33. The van der Waals surface area contributed by atoms with E-state index in [1.54, 1.807) is 19.2 Å². The molecule has 0 aliphatic heterocycles. The van der Waals surface area contributed by atoms with E-state index in [9.17, 15) is 9.59 Å². The van der Waals surface area contributed by atoms with Gasteiger partial charge < -0.3 is 18.9 Å². The smallest absolute Gasteiger partial charge is 0.307 e. The van der Waals surface area contributed by atoms with Crippen LogP contribution in [0.2, 0.25) is 0 Å². The first-order chi connectivity index (χ1) is 13.9. The molecule has 2 aromatic carbocycles. The molecule has 8 heteroatoms. The van der Waals surface area contributed by atoms with E-state index in [4.69, 9.17) is 9.47 Å². The summed E-state index contributed by atoms with van der Waals surface area (Å²) >= 11 is 1.39. The lowest BCUT2D eigenvalue weighted by Gasteiger charge is -2.11. The van der Waals surface area contributed by atoms with Crippen LogP contribution in [0.15, 0.2) is 47.5 Å². The van der Waals surface area contributed by atoms with Crippen LogP contribution in [-0.2, 0) is 16.1 Å². The van der Waals surface area contributed by atoms with E-state index in [0.29, 0.717) is 22.7 Å². The zero-order valence-corrected chi connectivity index (χ0v) is 17.7. The molecule has 0 aliphatic carbocycles. The highest BCUT2D eigenvalue weighted by atomic mass is 32.1. The molecule has 1 aromatic heterocycles. The van der Waals surface area contributed by atoms with Gasteiger partial charge in [0.1, 0.15) is 5.75 Å². The lowest BCUT2D eigenvalue weighted by Crippen LogP contribution is -2.19. The second kappa shape index (κ2) is 8.91. The summed E-state index contributed by atoms with van der Waals surface area (Å²) in [5.74, 6) is 0.0382. The molecule has 3 aromatic rings. The minimum absolute atomic E-state index is 0.179. The number of amides is 1. The summed E-state index contributed by atoms with van der Waals surface area (Å²) in [5, 5.41) is 0. The van der Waals surface area contributed by atoms with Crippen LogP contribution < -0.4 is 14.4 Å². The fraction of sp³-hybridized carbons (Fsp3) is 0.286. The first kappa shape index (κ1) is 20.6. The molecule has 0 atom stereocenters. The second-order valence-electron chi connectivity index (χ2n) is 6.55. The van der Waals surface area contributed by atoms with E-state index < -0.39 is 0 Å². The van der Waals surface area contributed by atoms with Crippen LogP contribution in [0.3, 0.4) is 0 Å². The quantitative estimate of drug-likeness (QED) is 0.581. The summed E-state index contributed by atoms with van der Waals surface area (Å²) in [7, 11) is 6.83. The highest BCUT2D eigenvalue weighted by Gasteiger charge is 2.12. The molecule has 29 heavy (non-hydrogen) atoms. The normalized spacial score (nSPS) is 11.5. The van der Waals surface area contributed by atoms with Crippen molar-refractivity contribution in [1.82, 2.24) is 4.57 Å². The Morgan fingerprint density at radius 1 is 1.10 bits per heavy atom. The molecular weight excluding hydrogens is 390 g/mol. The zero-order valence-electron chi connectivity index (χ0n) is 16.8. The predicted octanol–water partition coefficient (Wildman–Crippen LogP) is 3.08. The minimum atomic E-state index is -0.333. The number of nitrogens with zero attached hydrogens (tertiary/aromatic N) is 3. The Labute approximate surface area is 172 Å². The fourth-order valence-corrected chi connectivity index (χ4v) is 3.87. The maximum absolute atomic E-state index is 12.7. The van der Waals surface area contributed by atoms with Gasteiger partial charge in [-0.2, -0.15) is 4.99 Å². The van der Waals surface area contributed by atoms with Crippen molar-refractivity contribution in [3.05, 3.63) is 52.8 Å². The van der Waals surface area contributed by atoms with E-state index >= 15 is 0 Å². The third-order valence-corrected chi connectivity index (χ3v) is 5.54. The number of aromatic nitrogens is 1. The third kappa shape index (κ3) is 4.65. The average Bonchev–Trinajstić information content (AvgIpc) is 3.07. The molecule has 0 saturated heterocycles. The van der Waals surface area contributed by atoms with Gasteiger partial charge in [-0.15, -0.1) is 0 Å². The standard InChI is InChI=1S/C21H23N3O4S/c1-23(2)15-7-5-14(6-8-15)20(26)22-21-24(12-11-19(25)28-4)17-13-16(27-3)9-10-18(17)29-21/h5-10,13H,11-12H2,1-4H3. The first-order valence-corrected chi connectivity index (χ1v) is 9.85. The van der Waals surface area contributed by atoms with Crippen LogP contribution in [0.25, 0.3) is 10.2 Å². The Balaban J connectivity index is 2.03. The summed E-state index contributed by atoms with van der Waals surface area (Å²) < 4.78 is 12.9. The van der Waals surface area contributed by atoms with Gasteiger partial charge in [0.2, 0.25) is 0 Å². The first-order valence-electron chi connectivity index (χ1n) is 9.03. The van der Waals surface area contributed by atoms with E-state index in [1.165, 1.54) is 18.4 Å². The number of anilines is 1. The van der Waals surface area contributed by atoms with Crippen molar-refractivity contribution in [3.8, 4) is 5.75 Å². The van der Waals surface area contributed by atoms with Gasteiger partial charge in [0, 0.05) is 38.0 Å². The molecule has 0 N–H and O–H groups in total.